The maximum absolute atomic E-state index is 12.3. The van der Waals surface area contributed by atoms with Crippen molar-refractivity contribution in [2.45, 2.75) is 25.3 Å². The van der Waals surface area contributed by atoms with E-state index < -0.39 is 0 Å². The first kappa shape index (κ1) is 17.2. The predicted octanol–water partition coefficient (Wildman–Crippen LogP) is 1.02. The maximum atomic E-state index is 12.3. The fraction of sp³-hybridized carbons (Fsp3) is 0.368. The van der Waals surface area contributed by atoms with Crippen LogP contribution >= 0.6 is 0 Å². The molecule has 1 aliphatic heterocycles. The zero-order valence-electron chi connectivity index (χ0n) is 15.1. The second-order valence-electron chi connectivity index (χ2n) is 6.88. The molecule has 0 saturated carbocycles. The number of pyridine rings is 1. The van der Waals surface area contributed by atoms with Crippen LogP contribution in [0, 0.1) is 11.3 Å². The Kier molecular flexibility index (Phi) is 4.60. The SMILES string of the molecule is Cn1cc(-c2cc(CCC(=O)N[C@H]3CCNC3)c3c(C#N)cnn3c2)cn1. The summed E-state index contributed by atoms with van der Waals surface area (Å²) in [6, 6.07) is 4.43. The van der Waals surface area contributed by atoms with Crippen molar-refractivity contribution in [3.05, 3.63) is 42.0 Å². The van der Waals surface area contributed by atoms with E-state index in [9.17, 15) is 10.1 Å². The molecule has 1 saturated heterocycles. The van der Waals surface area contributed by atoms with Crippen molar-refractivity contribution >= 4 is 11.4 Å². The topological polar surface area (TPSA) is 100 Å². The standard InChI is InChI=1S/C19H21N7O/c1-25-11-16(9-22-25)14-6-13(19-15(7-20)8-23-26(19)12-14)2-3-18(27)24-17-4-5-21-10-17/h6,8-9,11-12,17,21H,2-5,10H2,1H3,(H,24,27)/t17-/m0/s1. The van der Waals surface area contributed by atoms with Crippen molar-refractivity contribution in [3.8, 4) is 17.2 Å². The van der Waals surface area contributed by atoms with Gasteiger partial charge in [-0.3, -0.25) is 9.48 Å². The van der Waals surface area contributed by atoms with E-state index in [1.165, 1.54) is 0 Å². The van der Waals surface area contributed by atoms with Crippen LogP contribution in [0.1, 0.15) is 24.0 Å². The molecule has 0 aromatic carbocycles. The number of rotatable bonds is 5. The highest BCUT2D eigenvalue weighted by Gasteiger charge is 2.18. The zero-order chi connectivity index (χ0) is 18.8. The summed E-state index contributed by atoms with van der Waals surface area (Å²) < 4.78 is 3.46. The molecule has 8 heteroatoms. The number of amides is 1. The Hall–Kier alpha value is -3.18. The normalized spacial score (nSPS) is 16.5. The van der Waals surface area contributed by atoms with Crippen LogP contribution < -0.4 is 10.6 Å². The number of nitrogens with zero attached hydrogens (tertiary/aromatic N) is 5. The Morgan fingerprint density at radius 1 is 1.37 bits per heavy atom. The van der Waals surface area contributed by atoms with Crippen molar-refractivity contribution < 1.29 is 4.79 Å². The molecule has 1 aliphatic rings. The first-order valence-electron chi connectivity index (χ1n) is 9.03. The zero-order valence-corrected chi connectivity index (χ0v) is 15.1. The summed E-state index contributed by atoms with van der Waals surface area (Å²) in [5.41, 5.74) is 4.14. The van der Waals surface area contributed by atoms with Gasteiger partial charge in [0.15, 0.2) is 0 Å². The number of nitrogens with one attached hydrogen (secondary N) is 2. The molecular weight excluding hydrogens is 342 g/mol. The molecule has 3 aromatic rings. The highest BCUT2D eigenvalue weighted by molar-refractivity contribution is 5.78. The molecule has 1 amide bonds. The number of aromatic nitrogens is 4. The molecule has 1 fully saturated rings. The third-order valence-electron chi connectivity index (χ3n) is 4.90. The van der Waals surface area contributed by atoms with E-state index in [-0.39, 0.29) is 11.9 Å². The van der Waals surface area contributed by atoms with Gasteiger partial charge in [0.05, 0.1) is 23.5 Å². The Morgan fingerprint density at radius 2 is 2.26 bits per heavy atom. The summed E-state index contributed by atoms with van der Waals surface area (Å²) in [6.07, 6.45) is 9.06. The van der Waals surface area contributed by atoms with Gasteiger partial charge in [-0.1, -0.05) is 0 Å². The fourth-order valence-corrected chi connectivity index (χ4v) is 3.53. The lowest BCUT2D eigenvalue weighted by molar-refractivity contribution is -0.121. The third-order valence-corrected chi connectivity index (χ3v) is 4.90. The van der Waals surface area contributed by atoms with Crippen LogP contribution in [0.15, 0.2) is 30.9 Å². The van der Waals surface area contributed by atoms with Crippen LogP contribution in [0.4, 0.5) is 0 Å². The largest absolute Gasteiger partial charge is 0.352 e. The van der Waals surface area contributed by atoms with Crippen molar-refractivity contribution in [2.75, 3.05) is 13.1 Å². The molecule has 4 heterocycles. The molecule has 8 nitrogen and oxygen atoms in total. The van der Waals surface area contributed by atoms with E-state index in [0.717, 1.165) is 41.7 Å². The minimum Gasteiger partial charge on any atom is -0.352 e. The lowest BCUT2D eigenvalue weighted by Gasteiger charge is -2.12. The monoisotopic (exact) mass is 363 g/mol. The van der Waals surface area contributed by atoms with Crippen molar-refractivity contribution in [2.24, 2.45) is 7.05 Å². The Morgan fingerprint density at radius 3 is 2.96 bits per heavy atom. The lowest BCUT2D eigenvalue weighted by Crippen LogP contribution is -2.36. The highest BCUT2D eigenvalue weighted by Crippen LogP contribution is 2.25. The molecule has 0 aliphatic carbocycles. The molecule has 0 unspecified atom stereocenters. The Labute approximate surface area is 156 Å². The number of fused-ring (bicyclic) bond motifs is 1. The van der Waals surface area contributed by atoms with Gasteiger partial charge < -0.3 is 10.6 Å². The number of hydrogen-bond donors (Lipinski definition) is 2. The molecule has 1 atom stereocenters. The second-order valence-corrected chi connectivity index (χ2v) is 6.88. The van der Waals surface area contributed by atoms with E-state index in [4.69, 9.17) is 0 Å². The number of nitriles is 1. The first-order chi connectivity index (χ1) is 13.1. The minimum atomic E-state index is 0.0339. The van der Waals surface area contributed by atoms with Gasteiger partial charge >= 0.3 is 0 Å². The van der Waals surface area contributed by atoms with E-state index in [0.29, 0.717) is 18.4 Å². The van der Waals surface area contributed by atoms with Crippen molar-refractivity contribution in [3.63, 3.8) is 0 Å². The van der Waals surface area contributed by atoms with E-state index >= 15 is 0 Å². The average Bonchev–Trinajstić information content (AvgIpc) is 3.40. The van der Waals surface area contributed by atoms with Crippen molar-refractivity contribution in [1.82, 2.24) is 30.0 Å². The molecule has 0 radical (unpaired) electrons. The van der Waals surface area contributed by atoms with Crippen molar-refractivity contribution in [1.29, 1.82) is 5.26 Å². The molecule has 138 valence electrons. The molecule has 3 aromatic heterocycles. The van der Waals surface area contributed by atoms with Crippen LogP contribution in [0.3, 0.4) is 0 Å². The molecular formula is C19H21N7O. The first-order valence-corrected chi connectivity index (χ1v) is 9.03. The number of aryl methyl sites for hydroxylation is 2. The van der Waals surface area contributed by atoms with Gasteiger partial charge in [0.2, 0.25) is 5.91 Å². The summed E-state index contributed by atoms with van der Waals surface area (Å²) in [5.74, 6) is 0.0339. The summed E-state index contributed by atoms with van der Waals surface area (Å²) in [5, 5.41) is 24.2. The summed E-state index contributed by atoms with van der Waals surface area (Å²) >= 11 is 0. The highest BCUT2D eigenvalue weighted by atomic mass is 16.1. The fourth-order valence-electron chi connectivity index (χ4n) is 3.53. The van der Waals surface area contributed by atoms with Gasteiger partial charge in [-0.2, -0.15) is 15.5 Å². The van der Waals surface area contributed by atoms with Crippen LogP contribution in [0.5, 0.6) is 0 Å². The predicted molar refractivity (Wildman–Crippen MR) is 99.8 cm³/mol. The molecule has 4 rings (SSSR count). The quantitative estimate of drug-likeness (QED) is 0.705. The van der Waals surface area contributed by atoms with E-state index in [1.54, 1.807) is 21.6 Å². The minimum absolute atomic E-state index is 0.0339. The van der Waals surface area contributed by atoms with Crippen LogP contribution in [-0.2, 0) is 18.3 Å². The lowest BCUT2D eigenvalue weighted by atomic mass is 10.0. The van der Waals surface area contributed by atoms with Crippen LogP contribution in [0.2, 0.25) is 0 Å². The summed E-state index contributed by atoms with van der Waals surface area (Å²) in [6.45, 7) is 1.77. The van der Waals surface area contributed by atoms with E-state index in [2.05, 4.69) is 26.9 Å². The number of hydrogen-bond acceptors (Lipinski definition) is 5. The van der Waals surface area contributed by atoms with Gasteiger partial charge in [0, 0.05) is 49.6 Å². The molecule has 2 N–H and O–H groups in total. The van der Waals surface area contributed by atoms with Crippen LogP contribution in [-0.4, -0.2) is 44.4 Å². The second kappa shape index (κ2) is 7.21. The molecule has 27 heavy (non-hydrogen) atoms. The van der Waals surface area contributed by atoms with Gasteiger partial charge in [0.1, 0.15) is 6.07 Å². The van der Waals surface area contributed by atoms with Gasteiger partial charge in [-0.15, -0.1) is 0 Å². The average molecular weight is 363 g/mol. The molecule has 0 bridgehead atoms. The van der Waals surface area contributed by atoms with Crippen LogP contribution in [0.25, 0.3) is 16.6 Å². The Bertz CT molecular complexity index is 1020. The molecule has 0 spiro atoms. The van der Waals surface area contributed by atoms with Gasteiger partial charge in [-0.05, 0) is 31.0 Å². The number of carbonyl (C=O) groups excluding carboxylic acids is 1. The van der Waals surface area contributed by atoms with Gasteiger partial charge in [-0.25, -0.2) is 4.52 Å². The Balaban J connectivity index is 1.61. The smallest absolute Gasteiger partial charge is 0.220 e. The number of carbonyl (C=O) groups is 1. The third kappa shape index (κ3) is 3.55. The summed E-state index contributed by atoms with van der Waals surface area (Å²) in [7, 11) is 1.87. The van der Waals surface area contributed by atoms with Gasteiger partial charge in [0.25, 0.3) is 0 Å². The summed E-state index contributed by atoms with van der Waals surface area (Å²) in [4.78, 5) is 12.3. The maximum Gasteiger partial charge on any atom is 0.220 e. The van der Waals surface area contributed by atoms with E-state index in [1.807, 2.05) is 25.5 Å².